The molecule has 2 heterocycles. The van der Waals surface area contributed by atoms with Crippen molar-refractivity contribution < 1.29 is 0 Å². The van der Waals surface area contributed by atoms with Gasteiger partial charge in [-0.05, 0) is 12.1 Å². The van der Waals surface area contributed by atoms with Crippen LogP contribution in [0.15, 0.2) is 60.3 Å². The third-order valence-electron chi connectivity index (χ3n) is 2.51. The van der Waals surface area contributed by atoms with Crippen LogP contribution in [0, 0.1) is 0 Å². The van der Waals surface area contributed by atoms with Gasteiger partial charge >= 0.3 is 0 Å². The number of benzene rings is 1. The van der Waals surface area contributed by atoms with E-state index in [1.54, 1.807) is 18.0 Å². The average Bonchev–Trinajstić information content (AvgIpc) is 3.09. The standard InChI is InChI=1S/C13H12N4S/c1-2-4-12(5-3-1)17-9-11(8-16-17)10-18-13-14-6-7-15-13/h1-9H,10H2,(H,14,15). The first-order chi connectivity index (χ1) is 8.92. The summed E-state index contributed by atoms with van der Waals surface area (Å²) < 4.78 is 1.89. The fourth-order valence-corrected chi connectivity index (χ4v) is 2.38. The summed E-state index contributed by atoms with van der Waals surface area (Å²) in [5.74, 6) is 0.861. The van der Waals surface area contributed by atoms with Crippen LogP contribution < -0.4 is 0 Å². The molecule has 0 aliphatic heterocycles. The van der Waals surface area contributed by atoms with Crippen LogP contribution in [0.1, 0.15) is 5.56 Å². The Morgan fingerprint density at radius 1 is 1.22 bits per heavy atom. The molecule has 0 spiro atoms. The van der Waals surface area contributed by atoms with Crippen molar-refractivity contribution in [3.63, 3.8) is 0 Å². The molecule has 0 aliphatic rings. The third-order valence-corrected chi connectivity index (χ3v) is 3.48. The number of hydrogen-bond acceptors (Lipinski definition) is 3. The van der Waals surface area contributed by atoms with Gasteiger partial charge in [-0.3, -0.25) is 0 Å². The van der Waals surface area contributed by atoms with E-state index in [-0.39, 0.29) is 0 Å². The van der Waals surface area contributed by atoms with E-state index in [0.29, 0.717) is 0 Å². The summed E-state index contributed by atoms with van der Waals surface area (Å²) in [5, 5.41) is 5.29. The second kappa shape index (κ2) is 5.10. The molecule has 0 aliphatic carbocycles. The number of thioether (sulfide) groups is 1. The molecule has 0 radical (unpaired) electrons. The van der Waals surface area contributed by atoms with E-state index < -0.39 is 0 Å². The van der Waals surface area contributed by atoms with Crippen LogP contribution in [-0.2, 0) is 5.75 Å². The lowest BCUT2D eigenvalue weighted by Gasteiger charge is -1.99. The molecule has 2 aromatic heterocycles. The Morgan fingerprint density at radius 2 is 2.11 bits per heavy atom. The first kappa shape index (κ1) is 11.1. The van der Waals surface area contributed by atoms with Gasteiger partial charge in [-0.15, -0.1) is 0 Å². The Morgan fingerprint density at radius 3 is 2.89 bits per heavy atom. The Balaban J connectivity index is 1.70. The van der Waals surface area contributed by atoms with E-state index in [0.717, 1.165) is 16.6 Å². The van der Waals surface area contributed by atoms with Crippen LogP contribution in [0.5, 0.6) is 0 Å². The molecule has 0 saturated heterocycles. The maximum Gasteiger partial charge on any atom is 0.165 e. The zero-order valence-corrected chi connectivity index (χ0v) is 10.5. The van der Waals surface area contributed by atoms with Crippen LogP contribution in [0.25, 0.3) is 5.69 Å². The number of hydrogen-bond donors (Lipinski definition) is 1. The van der Waals surface area contributed by atoms with Gasteiger partial charge in [-0.25, -0.2) is 9.67 Å². The molecule has 0 bridgehead atoms. The monoisotopic (exact) mass is 256 g/mol. The lowest BCUT2D eigenvalue weighted by atomic mass is 10.3. The minimum atomic E-state index is 0.861. The number of aromatic nitrogens is 4. The van der Waals surface area contributed by atoms with Crippen molar-refractivity contribution in [3.8, 4) is 5.69 Å². The Hall–Kier alpha value is -2.01. The topological polar surface area (TPSA) is 46.5 Å². The van der Waals surface area contributed by atoms with Crippen molar-refractivity contribution in [3.05, 3.63) is 60.7 Å². The van der Waals surface area contributed by atoms with Gasteiger partial charge in [-0.1, -0.05) is 30.0 Å². The molecule has 3 rings (SSSR count). The molecule has 0 atom stereocenters. The minimum Gasteiger partial charge on any atom is -0.340 e. The second-order valence-electron chi connectivity index (χ2n) is 3.81. The molecule has 1 aromatic carbocycles. The summed E-state index contributed by atoms with van der Waals surface area (Å²) in [6, 6.07) is 10.1. The first-order valence-electron chi connectivity index (χ1n) is 5.63. The predicted octanol–water partition coefficient (Wildman–Crippen LogP) is 2.89. The van der Waals surface area contributed by atoms with Crippen molar-refractivity contribution >= 4 is 11.8 Å². The second-order valence-corrected chi connectivity index (χ2v) is 4.78. The SMILES string of the molecule is c1ccc(-n2cc(CSc3ncc[nH]3)cn2)cc1. The summed E-state index contributed by atoms with van der Waals surface area (Å²) >= 11 is 1.67. The zero-order chi connectivity index (χ0) is 12.2. The normalized spacial score (nSPS) is 10.7. The summed E-state index contributed by atoms with van der Waals surface area (Å²) in [4.78, 5) is 7.25. The summed E-state index contributed by atoms with van der Waals surface area (Å²) in [7, 11) is 0. The van der Waals surface area contributed by atoms with Gasteiger partial charge in [0.05, 0.1) is 11.9 Å². The van der Waals surface area contributed by atoms with E-state index in [4.69, 9.17) is 0 Å². The van der Waals surface area contributed by atoms with Gasteiger partial charge in [0.15, 0.2) is 5.16 Å². The Kier molecular flexibility index (Phi) is 3.14. The van der Waals surface area contributed by atoms with Gasteiger partial charge in [0, 0.05) is 29.9 Å². The van der Waals surface area contributed by atoms with E-state index in [9.17, 15) is 0 Å². The minimum absolute atomic E-state index is 0.861. The van der Waals surface area contributed by atoms with Crippen LogP contribution >= 0.6 is 11.8 Å². The Labute approximate surface area is 109 Å². The summed E-state index contributed by atoms with van der Waals surface area (Å²) in [6.45, 7) is 0. The molecule has 0 unspecified atom stereocenters. The van der Waals surface area contributed by atoms with Crippen LogP contribution in [-0.4, -0.2) is 19.7 Å². The van der Waals surface area contributed by atoms with E-state index in [2.05, 4.69) is 15.1 Å². The predicted molar refractivity (Wildman–Crippen MR) is 71.7 cm³/mol. The fraction of sp³-hybridized carbons (Fsp3) is 0.0769. The van der Waals surface area contributed by atoms with Crippen molar-refractivity contribution in [1.82, 2.24) is 19.7 Å². The highest BCUT2D eigenvalue weighted by Crippen LogP contribution is 2.19. The Bertz CT molecular complexity index is 601. The average molecular weight is 256 g/mol. The highest BCUT2D eigenvalue weighted by Gasteiger charge is 2.02. The highest BCUT2D eigenvalue weighted by molar-refractivity contribution is 7.98. The maximum absolute atomic E-state index is 4.36. The van der Waals surface area contributed by atoms with Crippen molar-refractivity contribution in [2.24, 2.45) is 0 Å². The number of aromatic amines is 1. The molecule has 0 saturated carbocycles. The molecule has 5 heteroatoms. The fourth-order valence-electron chi connectivity index (χ4n) is 1.64. The molecule has 1 N–H and O–H groups in total. The smallest absolute Gasteiger partial charge is 0.165 e. The lowest BCUT2D eigenvalue weighted by Crippen LogP contribution is -1.92. The van der Waals surface area contributed by atoms with Crippen molar-refractivity contribution in [2.75, 3.05) is 0 Å². The van der Waals surface area contributed by atoms with Gasteiger partial charge in [0.2, 0.25) is 0 Å². The van der Waals surface area contributed by atoms with Gasteiger partial charge < -0.3 is 4.98 Å². The van der Waals surface area contributed by atoms with E-state index >= 15 is 0 Å². The van der Waals surface area contributed by atoms with Gasteiger partial charge in [-0.2, -0.15) is 5.10 Å². The van der Waals surface area contributed by atoms with Gasteiger partial charge in [0.1, 0.15) is 0 Å². The quantitative estimate of drug-likeness (QED) is 0.730. The summed E-state index contributed by atoms with van der Waals surface area (Å²) in [6.07, 6.45) is 7.53. The van der Waals surface area contributed by atoms with Gasteiger partial charge in [0.25, 0.3) is 0 Å². The van der Waals surface area contributed by atoms with Crippen molar-refractivity contribution in [2.45, 2.75) is 10.9 Å². The maximum atomic E-state index is 4.36. The van der Waals surface area contributed by atoms with E-state index in [1.807, 2.05) is 53.6 Å². The van der Waals surface area contributed by atoms with Crippen LogP contribution in [0.4, 0.5) is 0 Å². The lowest BCUT2D eigenvalue weighted by molar-refractivity contribution is 0.880. The molecule has 4 nitrogen and oxygen atoms in total. The highest BCUT2D eigenvalue weighted by atomic mass is 32.2. The molecule has 18 heavy (non-hydrogen) atoms. The third kappa shape index (κ3) is 2.46. The van der Waals surface area contributed by atoms with Crippen LogP contribution in [0.2, 0.25) is 0 Å². The number of nitrogens with zero attached hydrogens (tertiary/aromatic N) is 3. The first-order valence-corrected chi connectivity index (χ1v) is 6.61. The number of rotatable bonds is 4. The van der Waals surface area contributed by atoms with Crippen molar-refractivity contribution in [1.29, 1.82) is 0 Å². The van der Waals surface area contributed by atoms with Crippen LogP contribution in [0.3, 0.4) is 0 Å². The molecular formula is C13H12N4S. The molecular weight excluding hydrogens is 244 g/mol. The zero-order valence-electron chi connectivity index (χ0n) is 9.65. The largest absolute Gasteiger partial charge is 0.340 e. The number of imidazole rings is 1. The molecule has 0 fully saturated rings. The van der Waals surface area contributed by atoms with E-state index in [1.165, 1.54) is 5.56 Å². The number of nitrogens with one attached hydrogen (secondary N) is 1. The number of H-pyrrole nitrogens is 1. The molecule has 3 aromatic rings. The molecule has 0 amide bonds. The molecule has 90 valence electrons. The number of para-hydroxylation sites is 1. The summed E-state index contributed by atoms with van der Waals surface area (Å²) in [5.41, 5.74) is 2.26.